The van der Waals surface area contributed by atoms with Crippen molar-refractivity contribution in [2.75, 3.05) is 19.0 Å². The van der Waals surface area contributed by atoms with Crippen LogP contribution in [0.2, 0.25) is 0 Å². The minimum absolute atomic E-state index is 0.0874. The molecule has 1 aliphatic heterocycles. The number of thioether (sulfide) groups is 1. The molecule has 0 unspecified atom stereocenters. The van der Waals surface area contributed by atoms with E-state index in [1.54, 1.807) is 0 Å². The Kier molecular flexibility index (Phi) is 5.29. The summed E-state index contributed by atoms with van der Waals surface area (Å²) in [5, 5.41) is 3.68. The molecule has 6 heteroatoms. The van der Waals surface area contributed by atoms with E-state index in [2.05, 4.69) is 19.2 Å². The molecule has 0 aromatic carbocycles. The van der Waals surface area contributed by atoms with E-state index < -0.39 is 7.60 Å². The highest BCUT2D eigenvalue weighted by Gasteiger charge is 2.54. The van der Waals surface area contributed by atoms with Gasteiger partial charge in [-0.15, -0.1) is 11.8 Å². The average molecular weight is 321 g/mol. The van der Waals surface area contributed by atoms with Crippen LogP contribution in [0.3, 0.4) is 0 Å². The standard InChI is InChI=1S/C14H28NO3PS/c1-5-17-19(16,18-6-2)12-13(3,4)11-20-14(15-12)9-7-8-10-14/h12,15H,5-11H2,1-4H3/t12-/m1/s1. The van der Waals surface area contributed by atoms with Crippen molar-refractivity contribution in [2.45, 2.75) is 64.0 Å². The van der Waals surface area contributed by atoms with E-state index in [9.17, 15) is 4.57 Å². The molecule has 4 nitrogen and oxygen atoms in total. The average Bonchev–Trinajstić information content (AvgIpc) is 2.82. The molecule has 1 saturated carbocycles. The monoisotopic (exact) mass is 321 g/mol. The van der Waals surface area contributed by atoms with E-state index in [0.29, 0.717) is 13.2 Å². The Morgan fingerprint density at radius 1 is 1.20 bits per heavy atom. The van der Waals surface area contributed by atoms with Gasteiger partial charge in [0.2, 0.25) is 0 Å². The van der Waals surface area contributed by atoms with Crippen LogP contribution >= 0.6 is 19.4 Å². The second-order valence-electron chi connectivity index (χ2n) is 6.40. The molecule has 0 amide bonds. The van der Waals surface area contributed by atoms with Crippen LogP contribution < -0.4 is 5.32 Å². The first-order valence-corrected chi connectivity index (χ1v) is 10.3. The Bertz CT molecular complexity index is 373. The summed E-state index contributed by atoms with van der Waals surface area (Å²) in [6.45, 7) is 8.91. The summed E-state index contributed by atoms with van der Waals surface area (Å²) < 4.78 is 24.4. The second-order valence-corrected chi connectivity index (χ2v) is 9.87. The molecule has 1 saturated heterocycles. The second kappa shape index (κ2) is 6.29. The molecule has 0 aromatic heterocycles. The van der Waals surface area contributed by atoms with Crippen molar-refractivity contribution in [3.63, 3.8) is 0 Å². The van der Waals surface area contributed by atoms with Gasteiger partial charge in [0.15, 0.2) is 0 Å². The normalized spacial score (nSPS) is 28.9. The topological polar surface area (TPSA) is 47.6 Å². The Labute approximate surface area is 127 Å². The van der Waals surface area contributed by atoms with Gasteiger partial charge in [-0.05, 0) is 26.7 Å². The molecule has 2 rings (SSSR count). The quantitative estimate of drug-likeness (QED) is 0.769. The zero-order valence-electron chi connectivity index (χ0n) is 13.1. The largest absolute Gasteiger partial charge is 0.348 e. The van der Waals surface area contributed by atoms with Crippen molar-refractivity contribution < 1.29 is 13.6 Å². The molecule has 1 N–H and O–H groups in total. The third kappa shape index (κ3) is 3.27. The lowest BCUT2D eigenvalue weighted by atomic mass is 9.94. The lowest BCUT2D eigenvalue weighted by Gasteiger charge is -2.49. The van der Waals surface area contributed by atoms with Gasteiger partial charge in [0.1, 0.15) is 5.78 Å². The number of hydrogen-bond donors (Lipinski definition) is 1. The van der Waals surface area contributed by atoms with Gasteiger partial charge in [-0.1, -0.05) is 26.7 Å². The summed E-state index contributed by atoms with van der Waals surface area (Å²) in [6, 6.07) is 0. The molecule has 0 radical (unpaired) electrons. The third-order valence-electron chi connectivity index (χ3n) is 4.21. The molecule has 1 spiro atoms. The predicted octanol–water partition coefficient (Wildman–Crippen LogP) is 4.21. The first-order valence-electron chi connectivity index (χ1n) is 7.68. The molecule has 1 aliphatic carbocycles. The van der Waals surface area contributed by atoms with Crippen LogP contribution in [-0.4, -0.2) is 29.6 Å². The number of nitrogens with one attached hydrogen (secondary N) is 1. The molecule has 1 heterocycles. The van der Waals surface area contributed by atoms with Crippen LogP contribution in [0, 0.1) is 5.41 Å². The Balaban J connectivity index is 2.25. The zero-order valence-corrected chi connectivity index (χ0v) is 14.8. The molecular weight excluding hydrogens is 293 g/mol. The van der Waals surface area contributed by atoms with Crippen molar-refractivity contribution in [3.05, 3.63) is 0 Å². The van der Waals surface area contributed by atoms with E-state index in [0.717, 1.165) is 18.6 Å². The highest BCUT2D eigenvalue weighted by atomic mass is 32.2. The molecular formula is C14H28NO3PS. The Morgan fingerprint density at radius 3 is 2.25 bits per heavy atom. The van der Waals surface area contributed by atoms with Crippen LogP contribution in [0.1, 0.15) is 53.4 Å². The lowest BCUT2D eigenvalue weighted by Crippen LogP contribution is -2.57. The molecule has 118 valence electrons. The summed E-state index contributed by atoms with van der Waals surface area (Å²) in [5.74, 6) is 0.781. The Morgan fingerprint density at radius 2 is 1.75 bits per heavy atom. The molecule has 0 bridgehead atoms. The van der Waals surface area contributed by atoms with Crippen molar-refractivity contribution in [3.8, 4) is 0 Å². The van der Waals surface area contributed by atoms with Gasteiger partial charge < -0.3 is 9.05 Å². The van der Waals surface area contributed by atoms with Gasteiger partial charge in [0.05, 0.1) is 18.1 Å². The summed E-state index contributed by atoms with van der Waals surface area (Å²) in [7, 11) is -3.12. The van der Waals surface area contributed by atoms with Gasteiger partial charge in [0.25, 0.3) is 0 Å². The third-order valence-corrected chi connectivity index (χ3v) is 8.87. The summed E-state index contributed by atoms with van der Waals surface area (Å²) in [6.07, 6.45) is 4.81. The number of hydrogen-bond acceptors (Lipinski definition) is 5. The van der Waals surface area contributed by atoms with Crippen LogP contribution in [0.5, 0.6) is 0 Å². The highest BCUT2D eigenvalue weighted by Crippen LogP contribution is 2.62. The maximum atomic E-state index is 13.2. The summed E-state index contributed by atoms with van der Waals surface area (Å²) in [5.41, 5.74) is -0.0988. The maximum absolute atomic E-state index is 13.2. The first kappa shape index (κ1) is 16.8. The molecule has 2 fully saturated rings. The van der Waals surface area contributed by atoms with Gasteiger partial charge >= 0.3 is 7.60 Å². The molecule has 1 atom stereocenters. The predicted molar refractivity (Wildman–Crippen MR) is 85.2 cm³/mol. The van der Waals surface area contributed by atoms with Gasteiger partial charge in [-0.2, -0.15) is 0 Å². The van der Waals surface area contributed by atoms with Gasteiger partial charge in [-0.25, -0.2) is 0 Å². The lowest BCUT2D eigenvalue weighted by molar-refractivity contribution is 0.171. The SMILES string of the molecule is CCOP(=O)(OCC)[C@H]1NC2(CCCC2)SCC1(C)C. The fraction of sp³-hybridized carbons (Fsp3) is 1.00. The highest BCUT2D eigenvalue weighted by molar-refractivity contribution is 8.00. The van der Waals surface area contributed by atoms with Crippen LogP contribution in [0.25, 0.3) is 0 Å². The van der Waals surface area contributed by atoms with E-state index >= 15 is 0 Å². The van der Waals surface area contributed by atoms with Crippen molar-refractivity contribution in [2.24, 2.45) is 5.41 Å². The summed E-state index contributed by atoms with van der Waals surface area (Å²) >= 11 is 1.99. The minimum atomic E-state index is -3.12. The molecule has 2 aliphatic rings. The van der Waals surface area contributed by atoms with Crippen molar-refractivity contribution in [1.82, 2.24) is 5.32 Å². The smallest absolute Gasteiger partial charge is 0.308 e. The van der Waals surface area contributed by atoms with Crippen molar-refractivity contribution in [1.29, 1.82) is 0 Å². The van der Waals surface area contributed by atoms with Crippen LogP contribution in [0.4, 0.5) is 0 Å². The van der Waals surface area contributed by atoms with E-state index in [1.807, 2.05) is 25.6 Å². The summed E-state index contributed by atoms with van der Waals surface area (Å²) in [4.78, 5) is 0.0874. The fourth-order valence-electron chi connectivity index (χ4n) is 3.18. The van der Waals surface area contributed by atoms with Crippen LogP contribution in [0.15, 0.2) is 0 Å². The minimum Gasteiger partial charge on any atom is -0.308 e. The first-order chi connectivity index (χ1) is 9.37. The van der Waals surface area contributed by atoms with Gasteiger partial charge in [-0.3, -0.25) is 9.88 Å². The Hall–Kier alpha value is 0.460. The fourth-order valence-corrected chi connectivity index (χ4v) is 7.43. The number of rotatable bonds is 5. The van der Waals surface area contributed by atoms with E-state index in [-0.39, 0.29) is 16.1 Å². The van der Waals surface area contributed by atoms with E-state index in [4.69, 9.17) is 9.05 Å². The van der Waals surface area contributed by atoms with E-state index in [1.165, 1.54) is 12.8 Å². The molecule has 0 aromatic rings. The van der Waals surface area contributed by atoms with Crippen LogP contribution in [-0.2, 0) is 13.6 Å². The zero-order chi connectivity index (χ0) is 14.9. The van der Waals surface area contributed by atoms with Gasteiger partial charge in [0, 0.05) is 11.2 Å². The maximum Gasteiger partial charge on any atom is 0.348 e. The molecule has 20 heavy (non-hydrogen) atoms. The van der Waals surface area contributed by atoms with Crippen molar-refractivity contribution >= 4 is 19.4 Å².